The second-order valence-electron chi connectivity index (χ2n) is 4.75. The third kappa shape index (κ3) is 1.87. The fourth-order valence-corrected chi connectivity index (χ4v) is 2.60. The van der Waals surface area contributed by atoms with Crippen LogP contribution >= 0.6 is 12.4 Å². The van der Waals surface area contributed by atoms with Crippen molar-refractivity contribution in [3.8, 4) is 0 Å². The summed E-state index contributed by atoms with van der Waals surface area (Å²) in [6.07, 6.45) is 3.61. The molecule has 0 amide bonds. The summed E-state index contributed by atoms with van der Waals surface area (Å²) in [6, 6.07) is 0.643. The van der Waals surface area contributed by atoms with Crippen molar-refractivity contribution in [2.45, 2.75) is 44.7 Å². The van der Waals surface area contributed by atoms with Crippen LogP contribution in [0.1, 0.15) is 33.1 Å². The van der Waals surface area contributed by atoms with Crippen LogP contribution in [0.25, 0.3) is 0 Å². The summed E-state index contributed by atoms with van der Waals surface area (Å²) in [5.41, 5.74) is -0.365. The standard InChI is InChI=1S/C11H19NO2.ClH/c1-8-6-7-12(9-4-5-9)11(8,2)10(13)14-3;/h8-9H,4-7H2,1-3H3;1H/t8?,11-;/m0./s1. The fourth-order valence-electron chi connectivity index (χ4n) is 2.60. The molecule has 0 bridgehead atoms. The molecule has 88 valence electrons. The quantitative estimate of drug-likeness (QED) is 0.682. The molecule has 0 aromatic heterocycles. The van der Waals surface area contributed by atoms with Gasteiger partial charge in [-0.25, -0.2) is 0 Å². The second kappa shape index (κ2) is 4.30. The molecule has 1 unspecified atom stereocenters. The molecule has 0 radical (unpaired) electrons. The van der Waals surface area contributed by atoms with Gasteiger partial charge in [0.15, 0.2) is 0 Å². The highest BCUT2D eigenvalue weighted by atomic mass is 35.5. The van der Waals surface area contributed by atoms with Gasteiger partial charge in [0.2, 0.25) is 0 Å². The van der Waals surface area contributed by atoms with Crippen molar-refractivity contribution in [1.29, 1.82) is 0 Å². The molecule has 1 heterocycles. The Labute approximate surface area is 97.6 Å². The number of halogens is 1. The summed E-state index contributed by atoms with van der Waals surface area (Å²) in [5.74, 6) is 0.352. The Hall–Kier alpha value is -0.280. The maximum atomic E-state index is 11.8. The molecule has 0 N–H and O–H groups in total. The number of hydrogen-bond acceptors (Lipinski definition) is 3. The first-order chi connectivity index (χ1) is 6.60. The topological polar surface area (TPSA) is 29.5 Å². The zero-order chi connectivity index (χ0) is 10.3. The Kier molecular flexibility index (Phi) is 3.67. The lowest BCUT2D eigenvalue weighted by molar-refractivity contribution is -0.154. The van der Waals surface area contributed by atoms with E-state index >= 15 is 0 Å². The first kappa shape index (κ1) is 12.8. The van der Waals surface area contributed by atoms with E-state index in [4.69, 9.17) is 4.74 Å². The summed E-state index contributed by atoms with van der Waals surface area (Å²) < 4.78 is 4.94. The number of nitrogens with zero attached hydrogens (tertiary/aromatic N) is 1. The number of esters is 1. The van der Waals surface area contributed by atoms with Crippen LogP contribution in [-0.2, 0) is 9.53 Å². The van der Waals surface area contributed by atoms with Crippen molar-refractivity contribution in [3.05, 3.63) is 0 Å². The van der Waals surface area contributed by atoms with Crippen LogP contribution in [0, 0.1) is 5.92 Å². The molecule has 4 heteroatoms. The maximum Gasteiger partial charge on any atom is 0.326 e. The van der Waals surface area contributed by atoms with Crippen molar-refractivity contribution < 1.29 is 9.53 Å². The van der Waals surface area contributed by atoms with Gasteiger partial charge in [0.05, 0.1) is 7.11 Å². The third-order valence-corrected chi connectivity index (χ3v) is 3.95. The van der Waals surface area contributed by atoms with E-state index in [-0.39, 0.29) is 23.9 Å². The molecule has 15 heavy (non-hydrogen) atoms. The first-order valence-corrected chi connectivity index (χ1v) is 5.46. The molecule has 0 spiro atoms. The highest BCUT2D eigenvalue weighted by Gasteiger charge is 2.53. The average molecular weight is 234 g/mol. The normalized spacial score (nSPS) is 36.1. The Balaban J connectivity index is 0.00000112. The van der Waals surface area contributed by atoms with Gasteiger partial charge in [-0.1, -0.05) is 6.92 Å². The Morgan fingerprint density at radius 2 is 2.00 bits per heavy atom. The number of rotatable bonds is 2. The lowest BCUT2D eigenvalue weighted by atomic mass is 9.88. The van der Waals surface area contributed by atoms with Gasteiger partial charge in [-0.2, -0.15) is 0 Å². The van der Waals surface area contributed by atoms with Crippen LogP contribution in [0.3, 0.4) is 0 Å². The summed E-state index contributed by atoms with van der Waals surface area (Å²) in [4.78, 5) is 14.2. The van der Waals surface area contributed by atoms with Crippen molar-refractivity contribution in [3.63, 3.8) is 0 Å². The van der Waals surface area contributed by atoms with Crippen molar-refractivity contribution in [2.75, 3.05) is 13.7 Å². The minimum Gasteiger partial charge on any atom is -0.468 e. The van der Waals surface area contributed by atoms with Crippen LogP contribution in [0.5, 0.6) is 0 Å². The smallest absolute Gasteiger partial charge is 0.326 e. The van der Waals surface area contributed by atoms with Gasteiger partial charge >= 0.3 is 5.97 Å². The van der Waals surface area contributed by atoms with Crippen molar-refractivity contribution in [2.24, 2.45) is 5.92 Å². The molecule has 1 saturated carbocycles. The first-order valence-electron chi connectivity index (χ1n) is 5.46. The van der Waals surface area contributed by atoms with E-state index in [1.54, 1.807) is 0 Å². The summed E-state index contributed by atoms with van der Waals surface area (Å²) in [7, 11) is 1.49. The highest BCUT2D eigenvalue weighted by molar-refractivity contribution is 5.85. The Bertz CT molecular complexity index is 255. The van der Waals surface area contributed by atoms with E-state index in [1.807, 2.05) is 6.92 Å². The maximum absolute atomic E-state index is 11.8. The minimum atomic E-state index is -0.365. The zero-order valence-corrected chi connectivity index (χ0v) is 10.5. The van der Waals surface area contributed by atoms with Crippen molar-refractivity contribution in [1.82, 2.24) is 4.90 Å². The monoisotopic (exact) mass is 233 g/mol. The molecule has 2 atom stereocenters. The van der Waals surface area contributed by atoms with Crippen LogP contribution in [0.2, 0.25) is 0 Å². The summed E-state index contributed by atoms with van der Waals surface area (Å²) >= 11 is 0. The summed E-state index contributed by atoms with van der Waals surface area (Å²) in [6.45, 7) is 5.24. The molecule has 3 nitrogen and oxygen atoms in total. The van der Waals surface area contributed by atoms with Crippen LogP contribution in [-0.4, -0.2) is 36.1 Å². The second-order valence-corrected chi connectivity index (χ2v) is 4.75. The number of ether oxygens (including phenoxy) is 1. The number of carbonyl (C=O) groups is 1. The molecule has 2 fully saturated rings. The molecule has 0 aromatic rings. The predicted molar refractivity (Wildman–Crippen MR) is 61.2 cm³/mol. The van der Waals surface area contributed by atoms with Crippen LogP contribution in [0.4, 0.5) is 0 Å². The molecule has 0 aromatic carbocycles. The molecular formula is C11H20ClNO2. The van der Waals surface area contributed by atoms with E-state index in [0.717, 1.165) is 13.0 Å². The molecule has 2 aliphatic rings. The average Bonchev–Trinajstić information content (AvgIpc) is 2.96. The van der Waals surface area contributed by atoms with E-state index in [1.165, 1.54) is 20.0 Å². The minimum absolute atomic E-state index is 0. The Morgan fingerprint density at radius 3 is 2.47 bits per heavy atom. The zero-order valence-electron chi connectivity index (χ0n) is 9.66. The van der Waals surface area contributed by atoms with Gasteiger partial charge in [-0.3, -0.25) is 9.69 Å². The highest BCUT2D eigenvalue weighted by Crippen LogP contribution is 2.43. The Morgan fingerprint density at radius 1 is 1.40 bits per heavy atom. The lowest BCUT2D eigenvalue weighted by Gasteiger charge is -2.35. The SMILES string of the molecule is COC(=O)[C@]1(C)C(C)CCN1C1CC1.Cl. The molecule has 1 saturated heterocycles. The third-order valence-electron chi connectivity index (χ3n) is 3.95. The molecular weight excluding hydrogens is 214 g/mol. The molecule has 1 aliphatic carbocycles. The predicted octanol–water partition coefficient (Wildman–Crippen LogP) is 1.84. The van der Waals surface area contributed by atoms with Gasteiger partial charge < -0.3 is 4.74 Å². The van der Waals surface area contributed by atoms with Gasteiger partial charge in [-0.15, -0.1) is 12.4 Å². The van der Waals surface area contributed by atoms with Crippen molar-refractivity contribution >= 4 is 18.4 Å². The number of likely N-dealkylation sites (tertiary alicyclic amines) is 1. The number of methoxy groups -OCH3 is 1. The van der Waals surface area contributed by atoms with E-state index < -0.39 is 0 Å². The van der Waals surface area contributed by atoms with Gasteiger partial charge in [0.25, 0.3) is 0 Å². The molecule has 1 aliphatic heterocycles. The summed E-state index contributed by atoms with van der Waals surface area (Å²) in [5, 5.41) is 0. The van der Waals surface area contributed by atoms with E-state index in [9.17, 15) is 4.79 Å². The van der Waals surface area contributed by atoms with Gasteiger partial charge in [0.1, 0.15) is 5.54 Å². The molecule has 2 rings (SSSR count). The van der Waals surface area contributed by atoms with Crippen LogP contribution < -0.4 is 0 Å². The largest absolute Gasteiger partial charge is 0.468 e. The lowest BCUT2D eigenvalue weighted by Crippen LogP contribution is -2.52. The van der Waals surface area contributed by atoms with E-state index in [0.29, 0.717) is 12.0 Å². The van der Waals surface area contributed by atoms with Gasteiger partial charge in [0, 0.05) is 6.04 Å². The van der Waals surface area contributed by atoms with Gasteiger partial charge in [-0.05, 0) is 38.6 Å². The fraction of sp³-hybridized carbons (Fsp3) is 0.909. The van der Waals surface area contributed by atoms with E-state index in [2.05, 4.69) is 11.8 Å². The number of carbonyl (C=O) groups excluding carboxylic acids is 1. The number of hydrogen-bond donors (Lipinski definition) is 0. The van der Waals surface area contributed by atoms with Crippen LogP contribution in [0.15, 0.2) is 0 Å².